The van der Waals surface area contributed by atoms with E-state index in [9.17, 15) is 19.7 Å². The van der Waals surface area contributed by atoms with Gasteiger partial charge < -0.3 is 35.6 Å². The number of hydrogen-bond donors (Lipinski definition) is 3. The highest BCUT2D eigenvalue weighted by molar-refractivity contribution is 5.68. The number of nitrogen functional groups attached to an aromatic ring is 1. The second kappa shape index (κ2) is 17.7. The second-order valence-corrected chi connectivity index (χ2v) is 13.9. The average molecular weight is 671 g/mol. The van der Waals surface area contributed by atoms with Crippen LogP contribution in [0.15, 0.2) is 48.5 Å². The van der Waals surface area contributed by atoms with E-state index < -0.39 is 17.3 Å². The summed E-state index contributed by atoms with van der Waals surface area (Å²) in [6.45, 7) is 21.3. The van der Waals surface area contributed by atoms with E-state index >= 15 is 0 Å². The zero-order chi connectivity index (χ0) is 35.3. The lowest BCUT2D eigenvalue weighted by molar-refractivity contribution is -0.384. The molecule has 14 heteroatoms. The number of benzene rings is 2. The van der Waals surface area contributed by atoms with Crippen molar-refractivity contribution >= 4 is 34.9 Å². The third-order valence-electron chi connectivity index (χ3n) is 7.62. The number of alkyl carbamates (subject to hydrolysis) is 2. The maximum absolute atomic E-state index is 11.6. The number of hydrogen-bond acceptors (Lipinski definition) is 11. The molecular formula is C34H54N8O6. The molecule has 0 radical (unpaired) electrons. The Morgan fingerprint density at radius 3 is 1.38 bits per heavy atom. The summed E-state index contributed by atoms with van der Waals surface area (Å²) < 4.78 is 10.4. The summed E-state index contributed by atoms with van der Waals surface area (Å²) in [5, 5.41) is 16.3. The molecule has 0 spiro atoms. The maximum Gasteiger partial charge on any atom is 0.407 e. The number of nitro groups is 1. The van der Waals surface area contributed by atoms with Gasteiger partial charge >= 0.3 is 12.2 Å². The van der Waals surface area contributed by atoms with Gasteiger partial charge in [-0.1, -0.05) is 0 Å². The monoisotopic (exact) mass is 670 g/mol. The summed E-state index contributed by atoms with van der Waals surface area (Å²) >= 11 is 0. The summed E-state index contributed by atoms with van der Waals surface area (Å²) in [5.41, 5.74) is 7.90. The van der Waals surface area contributed by atoms with Crippen molar-refractivity contribution in [3.8, 4) is 0 Å². The number of piperazine rings is 2. The van der Waals surface area contributed by atoms with Crippen LogP contribution in [0, 0.1) is 10.1 Å². The fourth-order valence-corrected chi connectivity index (χ4v) is 5.19. The van der Waals surface area contributed by atoms with E-state index in [1.807, 2.05) is 53.7 Å². The molecule has 2 heterocycles. The number of amides is 2. The average Bonchev–Trinajstić information content (AvgIpc) is 3.01. The zero-order valence-corrected chi connectivity index (χ0v) is 29.4. The standard InChI is InChI=1S/C17H26N4O4.C17H28N4O2/c1-17(2,3)25-16(22)18-8-9-19-10-12-20(13-11-19)14-4-6-15(7-5-14)21(23)24;1-17(2,3)23-16(22)19-8-9-20-10-12-21(13-11-20)15-6-4-14(18)5-7-15/h4-7H,8-13H2,1-3H3,(H,18,22);4-7H,8-13,18H2,1-3H3,(H,19,22). The number of nitro benzene ring substituents is 1. The minimum atomic E-state index is -0.486. The van der Waals surface area contributed by atoms with Crippen LogP contribution < -0.4 is 26.2 Å². The van der Waals surface area contributed by atoms with Crippen LogP contribution in [0.1, 0.15) is 41.5 Å². The summed E-state index contributed by atoms with van der Waals surface area (Å²) in [6.07, 6.45) is -0.741. The molecule has 2 aromatic carbocycles. The van der Waals surface area contributed by atoms with Gasteiger partial charge in [0.05, 0.1) is 4.92 Å². The Balaban J connectivity index is 0.000000261. The molecule has 4 rings (SSSR count). The van der Waals surface area contributed by atoms with Gasteiger partial charge in [0.25, 0.3) is 5.69 Å². The molecule has 14 nitrogen and oxygen atoms in total. The zero-order valence-electron chi connectivity index (χ0n) is 29.4. The maximum atomic E-state index is 11.6. The van der Waals surface area contributed by atoms with Crippen LogP contribution in [0.3, 0.4) is 0 Å². The van der Waals surface area contributed by atoms with Crippen molar-refractivity contribution in [2.24, 2.45) is 0 Å². The number of non-ortho nitro benzene ring substituents is 1. The minimum absolute atomic E-state index is 0.107. The Hall–Kier alpha value is -4.30. The van der Waals surface area contributed by atoms with E-state index in [1.54, 1.807) is 12.1 Å². The Bertz CT molecular complexity index is 1290. The molecule has 2 fully saturated rings. The molecule has 4 N–H and O–H groups in total. The van der Waals surface area contributed by atoms with Crippen molar-refractivity contribution in [1.82, 2.24) is 20.4 Å². The van der Waals surface area contributed by atoms with E-state index in [1.165, 1.54) is 17.8 Å². The highest BCUT2D eigenvalue weighted by Gasteiger charge is 2.21. The van der Waals surface area contributed by atoms with Crippen molar-refractivity contribution in [3.63, 3.8) is 0 Å². The van der Waals surface area contributed by atoms with Crippen molar-refractivity contribution in [3.05, 3.63) is 58.6 Å². The number of carbonyl (C=O) groups is 2. The first-order valence-corrected chi connectivity index (χ1v) is 16.6. The smallest absolute Gasteiger partial charge is 0.407 e. The number of nitrogens with two attached hydrogens (primary N) is 1. The van der Waals surface area contributed by atoms with Gasteiger partial charge in [-0.3, -0.25) is 19.9 Å². The lowest BCUT2D eigenvalue weighted by Gasteiger charge is -2.36. The number of ether oxygens (including phenoxy) is 2. The lowest BCUT2D eigenvalue weighted by Crippen LogP contribution is -2.48. The normalized spacial score (nSPS) is 16.0. The topological polar surface area (TPSA) is 159 Å². The molecular weight excluding hydrogens is 616 g/mol. The molecule has 48 heavy (non-hydrogen) atoms. The van der Waals surface area contributed by atoms with Crippen molar-refractivity contribution in [1.29, 1.82) is 0 Å². The largest absolute Gasteiger partial charge is 0.444 e. The van der Waals surface area contributed by atoms with E-state index in [0.717, 1.165) is 76.8 Å². The molecule has 266 valence electrons. The van der Waals surface area contributed by atoms with E-state index in [2.05, 4.69) is 42.4 Å². The Morgan fingerprint density at radius 2 is 1.04 bits per heavy atom. The highest BCUT2D eigenvalue weighted by Crippen LogP contribution is 2.21. The number of nitrogens with one attached hydrogen (secondary N) is 2. The number of rotatable bonds is 9. The third-order valence-corrected chi connectivity index (χ3v) is 7.62. The molecule has 0 aliphatic carbocycles. The van der Waals surface area contributed by atoms with Gasteiger partial charge in [-0.15, -0.1) is 0 Å². The molecule has 2 aromatic rings. The first-order valence-electron chi connectivity index (χ1n) is 16.6. The summed E-state index contributed by atoms with van der Waals surface area (Å²) in [7, 11) is 0. The molecule has 2 aliphatic rings. The molecule has 2 amide bonds. The lowest BCUT2D eigenvalue weighted by atomic mass is 10.2. The van der Waals surface area contributed by atoms with Crippen LogP contribution in [0.4, 0.5) is 32.3 Å². The first kappa shape index (κ1) is 38.2. The first-order chi connectivity index (χ1) is 22.6. The van der Waals surface area contributed by atoms with Crippen LogP contribution in [-0.2, 0) is 9.47 Å². The minimum Gasteiger partial charge on any atom is -0.444 e. The van der Waals surface area contributed by atoms with Crippen LogP contribution in [0.5, 0.6) is 0 Å². The molecule has 0 atom stereocenters. The SMILES string of the molecule is CC(C)(C)OC(=O)NCCN1CCN(c2ccc(N)cc2)CC1.CC(C)(C)OC(=O)NCCN1CCN(c2ccc([N+](=O)[O-])cc2)CC1. The van der Waals surface area contributed by atoms with Gasteiger partial charge in [0, 0.05) is 108 Å². The predicted octanol–water partition coefficient (Wildman–Crippen LogP) is 4.16. The fourth-order valence-electron chi connectivity index (χ4n) is 5.19. The Labute approximate surface area is 284 Å². The van der Waals surface area contributed by atoms with Gasteiger partial charge in [0.2, 0.25) is 0 Å². The van der Waals surface area contributed by atoms with Gasteiger partial charge in [-0.2, -0.15) is 0 Å². The summed E-state index contributed by atoms with van der Waals surface area (Å²) in [5.74, 6) is 0. The van der Waals surface area contributed by atoms with Gasteiger partial charge in [-0.05, 0) is 77.9 Å². The van der Waals surface area contributed by atoms with Crippen LogP contribution in [-0.4, -0.2) is 117 Å². The van der Waals surface area contributed by atoms with E-state index in [-0.39, 0.29) is 16.7 Å². The third kappa shape index (κ3) is 14.2. The quantitative estimate of drug-likeness (QED) is 0.200. The number of nitrogens with zero attached hydrogens (tertiary/aromatic N) is 5. The molecule has 0 aromatic heterocycles. The van der Waals surface area contributed by atoms with Crippen molar-refractivity contribution in [2.75, 3.05) is 94.1 Å². The molecule has 0 bridgehead atoms. The Morgan fingerprint density at radius 1 is 0.688 bits per heavy atom. The number of anilines is 3. The van der Waals surface area contributed by atoms with Crippen LogP contribution >= 0.6 is 0 Å². The number of carbonyl (C=O) groups excluding carboxylic acids is 2. The fraction of sp³-hybridized carbons (Fsp3) is 0.588. The summed E-state index contributed by atoms with van der Waals surface area (Å²) in [6, 6.07) is 14.7. The van der Waals surface area contributed by atoms with Crippen molar-refractivity contribution in [2.45, 2.75) is 52.7 Å². The molecule has 0 saturated carbocycles. The Kier molecular flexibility index (Phi) is 14.1. The van der Waals surface area contributed by atoms with Crippen LogP contribution in [0.25, 0.3) is 0 Å². The van der Waals surface area contributed by atoms with E-state index in [4.69, 9.17) is 15.2 Å². The molecule has 2 saturated heterocycles. The molecule has 0 unspecified atom stereocenters. The van der Waals surface area contributed by atoms with Crippen LogP contribution in [0.2, 0.25) is 0 Å². The van der Waals surface area contributed by atoms with Gasteiger partial charge in [0.1, 0.15) is 11.2 Å². The highest BCUT2D eigenvalue weighted by atomic mass is 16.6. The predicted molar refractivity (Wildman–Crippen MR) is 190 cm³/mol. The van der Waals surface area contributed by atoms with E-state index in [0.29, 0.717) is 13.1 Å². The second-order valence-electron chi connectivity index (χ2n) is 13.9. The van der Waals surface area contributed by atoms with Crippen molar-refractivity contribution < 1.29 is 24.0 Å². The summed E-state index contributed by atoms with van der Waals surface area (Å²) in [4.78, 5) is 42.7. The molecule has 2 aliphatic heterocycles. The van der Waals surface area contributed by atoms with Gasteiger partial charge in [-0.25, -0.2) is 9.59 Å². The van der Waals surface area contributed by atoms with Gasteiger partial charge in [0.15, 0.2) is 0 Å².